The number of rotatable bonds is 10. The number of aryl methyl sites for hydroxylation is 1. The number of nitrogens with one attached hydrogen (secondary N) is 2. The van der Waals surface area contributed by atoms with Crippen molar-refractivity contribution in [1.82, 2.24) is 5.32 Å². The molecule has 0 saturated heterocycles. The molecule has 1 saturated carbocycles. The minimum atomic E-state index is -4.08. The molecule has 1 aliphatic carbocycles. The largest absolute Gasteiger partial charge is 0.494 e. The SMILES string of the molecule is CCOc1ccc(N(CC(=O)Nc2ccccc2C(=O)NC2CCCCC2)S(=O)(=O)c2ccc(C)cc2)cc1. The highest BCUT2D eigenvalue weighted by molar-refractivity contribution is 7.92. The Kier molecular flexibility index (Phi) is 9.24. The van der Waals surface area contributed by atoms with Gasteiger partial charge in [0.15, 0.2) is 0 Å². The zero-order valence-electron chi connectivity index (χ0n) is 22.4. The molecule has 4 rings (SSSR count). The van der Waals surface area contributed by atoms with Crippen LogP contribution in [0.5, 0.6) is 5.75 Å². The average molecular weight is 550 g/mol. The van der Waals surface area contributed by atoms with Gasteiger partial charge in [-0.25, -0.2) is 8.42 Å². The summed E-state index contributed by atoms with van der Waals surface area (Å²) in [5, 5.41) is 5.84. The number of para-hydroxylation sites is 1. The Balaban J connectivity index is 1.58. The van der Waals surface area contributed by atoms with Gasteiger partial charge < -0.3 is 15.4 Å². The maximum atomic E-state index is 13.7. The monoisotopic (exact) mass is 549 g/mol. The highest BCUT2D eigenvalue weighted by Crippen LogP contribution is 2.27. The zero-order valence-corrected chi connectivity index (χ0v) is 23.2. The second-order valence-corrected chi connectivity index (χ2v) is 11.5. The van der Waals surface area contributed by atoms with Crippen molar-refractivity contribution >= 4 is 33.2 Å². The third kappa shape index (κ3) is 7.17. The van der Waals surface area contributed by atoms with E-state index in [-0.39, 0.29) is 16.8 Å². The fourth-order valence-electron chi connectivity index (χ4n) is 4.65. The van der Waals surface area contributed by atoms with Crippen molar-refractivity contribution in [3.05, 3.63) is 83.9 Å². The van der Waals surface area contributed by atoms with Crippen molar-refractivity contribution in [3.63, 3.8) is 0 Å². The lowest BCUT2D eigenvalue weighted by molar-refractivity contribution is -0.114. The van der Waals surface area contributed by atoms with Gasteiger partial charge in [-0.3, -0.25) is 13.9 Å². The second kappa shape index (κ2) is 12.8. The number of carbonyl (C=O) groups excluding carboxylic acids is 2. The normalized spacial score (nSPS) is 13.9. The molecule has 0 aliphatic heterocycles. The summed E-state index contributed by atoms with van der Waals surface area (Å²) in [5.74, 6) is -0.234. The molecule has 8 nitrogen and oxygen atoms in total. The summed E-state index contributed by atoms with van der Waals surface area (Å²) in [7, 11) is -4.08. The van der Waals surface area contributed by atoms with Crippen molar-refractivity contribution in [3.8, 4) is 5.75 Å². The highest BCUT2D eigenvalue weighted by atomic mass is 32.2. The van der Waals surface area contributed by atoms with Crippen LogP contribution in [0.4, 0.5) is 11.4 Å². The molecular weight excluding hydrogens is 514 g/mol. The molecule has 0 radical (unpaired) electrons. The lowest BCUT2D eigenvalue weighted by Crippen LogP contribution is -2.39. The van der Waals surface area contributed by atoms with Crippen molar-refractivity contribution < 1.29 is 22.7 Å². The average Bonchev–Trinajstić information content (AvgIpc) is 2.93. The zero-order chi connectivity index (χ0) is 27.8. The van der Waals surface area contributed by atoms with Gasteiger partial charge in [0.05, 0.1) is 28.4 Å². The predicted octanol–water partition coefficient (Wildman–Crippen LogP) is 5.29. The molecule has 206 valence electrons. The van der Waals surface area contributed by atoms with Crippen LogP contribution < -0.4 is 19.7 Å². The van der Waals surface area contributed by atoms with Gasteiger partial charge in [-0.2, -0.15) is 0 Å². The van der Waals surface area contributed by atoms with Crippen LogP contribution in [0.15, 0.2) is 77.7 Å². The molecular formula is C30H35N3O5S. The van der Waals surface area contributed by atoms with E-state index in [9.17, 15) is 18.0 Å². The molecule has 2 amide bonds. The smallest absolute Gasteiger partial charge is 0.264 e. The third-order valence-electron chi connectivity index (χ3n) is 6.72. The number of sulfonamides is 1. The van der Waals surface area contributed by atoms with E-state index >= 15 is 0 Å². The van der Waals surface area contributed by atoms with Gasteiger partial charge in [0.1, 0.15) is 12.3 Å². The molecule has 1 aliphatic rings. The Morgan fingerprint density at radius 3 is 2.26 bits per heavy atom. The number of hydrogen-bond acceptors (Lipinski definition) is 5. The molecule has 3 aromatic rings. The molecule has 39 heavy (non-hydrogen) atoms. The second-order valence-electron chi connectivity index (χ2n) is 9.65. The highest BCUT2D eigenvalue weighted by Gasteiger charge is 2.28. The van der Waals surface area contributed by atoms with Gasteiger partial charge in [-0.15, -0.1) is 0 Å². The number of benzene rings is 3. The minimum Gasteiger partial charge on any atom is -0.494 e. The molecule has 1 fully saturated rings. The van der Waals surface area contributed by atoms with Gasteiger partial charge in [0.25, 0.3) is 15.9 Å². The summed E-state index contributed by atoms with van der Waals surface area (Å²) < 4.78 is 33.9. The van der Waals surface area contributed by atoms with Crippen molar-refractivity contribution in [2.45, 2.75) is 56.9 Å². The Bertz CT molecular complexity index is 1380. The summed E-state index contributed by atoms with van der Waals surface area (Å²) in [6.07, 6.45) is 5.22. The Morgan fingerprint density at radius 1 is 0.923 bits per heavy atom. The quantitative estimate of drug-likeness (QED) is 0.358. The number of hydrogen-bond donors (Lipinski definition) is 2. The van der Waals surface area contributed by atoms with Crippen LogP contribution in [-0.2, 0) is 14.8 Å². The van der Waals surface area contributed by atoms with Crippen LogP contribution >= 0.6 is 0 Å². The summed E-state index contributed by atoms with van der Waals surface area (Å²) in [6.45, 7) is 3.72. The van der Waals surface area contributed by atoms with E-state index in [1.807, 2.05) is 13.8 Å². The summed E-state index contributed by atoms with van der Waals surface area (Å²) >= 11 is 0. The number of anilines is 2. The molecule has 3 aromatic carbocycles. The van der Waals surface area contributed by atoms with Crippen LogP contribution in [0, 0.1) is 6.92 Å². The lowest BCUT2D eigenvalue weighted by Gasteiger charge is -2.25. The van der Waals surface area contributed by atoms with Crippen LogP contribution in [0.2, 0.25) is 0 Å². The first-order valence-electron chi connectivity index (χ1n) is 13.3. The van der Waals surface area contributed by atoms with Gasteiger partial charge in [0, 0.05) is 6.04 Å². The van der Waals surface area contributed by atoms with E-state index in [0.29, 0.717) is 29.3 Å². The van der Waals surface area contributed by atoms with Gasteiger partial charge >= 0.3 is 0 Å². The molecule has 2 N–H and O–H groups in total. The van der Waals surface area contributed by atoms with E-state index in [1.54, 1.807) is 60.7 Å². The van der Waals surface area contributed by atoms with E-state index in [2.05, 4.69) is 10.6 Å². The van der Waals surface area contributed by atoms with Crippen molar-refractivity contribution in [2.75, 3.05) is 22.8 Å². The molecule has 0 atom stereocenters. The fraction of sp³-hybridized carbons (Fsp3) is 0.333. The van der Waals surface area contributed by atoms with Crippen LogP contribution in [-0.4, -0.2) is 39.4 Å². The van der Waals surface area contributed by atoms with Gasteiger partial charge in [-0.05, 0) is 75.2 Å². The number of nitrogens with zero attached hydrogens (tertiary/aromatic N) is 1. The van der Waals surface area contributed by atoms with E-state index in [0.717, 1.165) is 35.6 Å². The van der Waals surface area contributed by atoms with Crippen LogP contribution in [0.25, 0.3) is 0 Å². The van der Waals surface area contributed by atoms with Crippen molar-refractivity contribution in [1.29, 1.82) is 0 Å². The Labute approximate surface area is 230 Å². The summed E-state index contributed by atoms with van der Waals surface area (Å²) in [6, 6.07) is 19.9. The maximum absolute atomic E-state index is 13.7. The summed E-state index contributed by atoms with van der Waals surface area (Å²) in [4.78, 5) is 26.4. The predicted molar refractivity (Wildman–Crippen MR) is 153 cm³/mol. The van der Waals surface area contributed by atoms with Crippen LogP contribution in [0.1, 0.15) is 54.9 Å². The molecule has 0 heterocycles. The standard InChI is InChI=1S/C30H35N3O5S/c1-3-38-25-17-15-24(16-18-25)33(39(36,37)26-19-13-22(2)14-20-26)21-29(34)32-28-12-8-7-11-27(28)30(35)31-23-9-5-4-6-10-23/h7-8,11-20,23H,3-6,9-10,21H2,1-2H3,(H,31,35)(H,32,34). The topological polar surface area (TPSA) is 105 Å². The molecule has 0 spiro atoms. The van der Waals surface area contributed by atoms with Crippen LogP contribution in [0.3, 0.4) is 0 Å². The van der Waals surface area contributed by atoms with E-state index in [4.69, 9.17) is 4.74 Å². The van der Waals surface area contributed by atoms with Crippen molar-refractivity contribution in [2.24, 2.45) is 0 Å². The maximum Gasteiger partial charge on any atom is 0.264 e. The number of carbonyl (C=O) groups is 2. The summed E-state index contributed by atoms with van der Waals surface area (Å²) in [5.41, 5.74) is 1.90. The minimum absolute atomic E-state index is 0.0713. The van der Waals surface area contributed by atoms with Gasteiger partial charge in [-0.1, -0.05) is 49.1 Å². The van der Waals surface area contributed by atoms with E-state index in [1.165, 1.54) is 18.6 Å². The number of ether oxygens (including phenoxy) is 1. The molecule has 0 aromatic heterocycles. The first-order chi connectivity index (χ1) is 18.8. The first kappa shape index (κ1) is 28.2. The molecule has 0 bridgehead atoms. The third-order valence-corrected chi connectivity index (χ3v) is 8.51. The fourth-order valence-corrected chi connectivity index (χ4v) is 6.07. The van der Waals surface area contributed by atoms with E-state index < -0.39 is 22.5 Å². The lowest BCUT2D eigenvalue weighted by atomic mass is 9.95. The molecule has 0 unspecified atom stereocenters. The van der Waals surface area contributed by atoms with Gasteiger partial charge in [0.2, 0.25) is 5.91 Å². The Hall–Kier alpha value is -3.85. The first-order valence-corrected chi connectivity index (χ1v) is 14.7. The molecule has 9 heteroatoms. The number of amides is 2. The Morgan fingerprint density at radius 2 is 1.59 bits per heavy atom.